The van der Waals surface area contributed by atoms with Gasteiger partial charge in [-0.25, -0.2) is 9.97 Å². The van der Waals surface area contributed by atoms with Crippen molar-refractivity contribution in [2.75, 3.05) is 49.9 Å². The van der Waals surface area contributed by atoms with Gasteiger partial charge in [-0.05, 0) is 55.6 Å². The Bertz CT molecular complexity index is 1750. The van der Waals surface area contributed by atoms with Gasteiger partial charge in [0.25, 0.3) is 0 Å². The predicted molar refractivity (Wildman–Crippen MR) is 181 cm³/mol. The molecule has 0 radical (unpaired) electrons. The Morgan fingerprint density at radius 1 is 0.756 bits per heavy atom. The van der Waals surface area contributed by atoms with E-state index in [9.17, 15) is 0 Å². The number of hydrogen-bond donors (Lipinski definition) is 2. The lowest BCUT2D eigenvalue weighted by atomic mass is 10.0. The first-order chi connectivity index (χ1) is 22.3. The van der Waals surface area contributed by atoms with Gasteiger partial charge in [0.1, 0.15) is 24.0 Å². The molecule has 3 unspecified atom stereocenters. The molecule has 45 heavy (non-hydrogen) atoms. The zero-order chi connectivity index (χ0) is 30.0. The molecule has 3 aliphatic rings. The third kappa shape index (κ3) is 6.30. The second kappa shape index (κ2) is 12.6. The predicted octanol–water partition coefficient (Wildman–Crippen LogP) is 6.07. The number of piperidine rings is 2. The smallest absolute Gasteiger partial charge is 0.137 e. The van der Waals surface area contributed by atoms with Crippen LogP contribution in [0.5, 0.6) is 5.75 Å². The van der Waals surface area contributed by atoms with Crippen LogP contribution in [0.3, 0.4) is 0 Å². The Morgan fingerprint density at radius 3 is 2.51 bits per heavy atom. The average molecular weight is 600 g/mol. The number of pyridine rings is 1. The fourth-order valence-electron chi connectivity index (χ4n) is 7.38. The van der Waals surface area contributed by atoms with Crippen molar-refractivity contribution < 1.29 is 4.74 Å². The highest BCUT2D eigenvalue weighted by Gasteiger charge is 2.54. The van der Waals surface area contributed by atoms with E-state index in [0.29, 0.717) is 24.0 Å². The normalized spacial score (nSPS) is 22.3. The number of likely N-dealkylation sites (tertiary alicyclic amines) is 2. The summed E-state index contributed by atoms with van der Waals surface area (Å²) in [6, 6.07) is 27.9. The Morgan fingerprint density at radius 2 is 1.60 bits per heavy atom. The van der Waals surface area contributed by atoms with E-state index in [0.717, 1.165) is 92.3 Å². The second-order valence-corrected chi connectivity index (χ2v) is 12.9. The summed E-state index contributed by atoms with van der Waals surface area (Å²) in [4.78, 5) is 18.8. The Hall–Kier alpha value is -4.27. The van der Waals surface area contributed by atoms with Crippen molar-refractivity contribution in [3.8, 4) is 5.75 Å². The van der Waals surface area contributed by atoms with Crippen LogP contribution in [0.15, 0.2) is 91.4 Å². The van der Waals surface area contributed by atoms with Gasteiger partial charge in [-0.1, -0.05) is 48.5 Å². The quantitative estimate of drug-likeness (QED) is 0.201. The van der Waals surface area contributed by atoms with Crippen LogP contribution in [0.2, 0.25) is 0 Å². The molecule has 3 atom stereocenters. The summed E-state index contributed by atoms with van der Waals surface area (Å²) in [7, 11) is 0. The number of nitrogens with zero attached hydrogens (tertiary/aromatic N) is 5. The maximum Gasteiger partial charge on any atom is 0.137 e. The monoisotopic (exact) mass is 599 g/mol. The molecule has 230 valence electrons. The van der Waals surface area contributed by atoms with E-state index in [2.05, 4.69) is 108 Å². The average Bonchev–Trinajstić information content (AvgIpc) is 3.77. The molecule has 0 amide bonds. The summed E-state index contributed by atoms with van der Waals surface area (Å²) < 4.78 is 6.57. The number of para-hydroxylation sites is 1. The zero-order valence-corrected chi connectivity index (χ0v) is 25.7. The molecule has 8 rings (SSSR count). The Kier molecular flexibility index (Phi) is 7.91. The van der Waals surface area contributed by atoms with Crippen molar-refractivity contribution in [2.45, 2.75) is 38.0 Å². The molecule has 1 aliphatic carbocycles. The first-order valence-electron chi connectivity index (χ1n) is 16.5. The van der Waals surface area contributed by atoms with Crippen molar-refractivity contribution in [1.82, 2.24) is 24.8 Å². The van der Waals surface area contributed by atoms with Crippen LogP contribution in [-0.4, -0.2) is 76.2 Å². The summed E-state index contributed by atoms with van der Waals surface area (Å²) in [5.41, 5.74) is 4.51. The molecular weight excluding hydrogens is 558 g/mol. The number of aromatic nitrogens is 3. The molecule has 0 bridgehead atoms. The van der Waals surface area contributed by atoms with E-state index in [1.165, 1.54) is 17.4 Å². The molecule has 3 fully saturated rings. The molecule has 2 aliphatic heterocycles. The van der Waals surface area contributed by atoms with E-state index in [1.54, 1.807) is 6.33 Å². The maximum atomic E-state index is 6.57. The third-order valence-corrected chi connectivity index (χ3v) is 9.95. The molecule has 8 nitrogen and oxygen atoms in total. The summed E-state index contributed by atoms with van der Waals surface area (Å²) in [6.45, 7) is 7.38. The lowest BCUT2D eigenvalue weighted by Crippen LogP contribution is -2.38. The van der Waals surface area contributed by atoms with Crippen molar-refractivity contribution in [2.24, 2.45) is 11.8 Å². The van der Waals surface area contributed by atoms with E-state index in [1.807, 2.05) is 12.3 Å². The van der Waals surface area contributed by atoms with Gasteiger partial charge in [-0.2, -0.15) is 0 Å². The maximum absolute atomic E-state index is 6.57. The highest BCUT2D eigenvalue weighted by Crippen LogP contribution is 2.48. The second-order valence-electron chi connectivity index (χ2n) is 12.9. The number of benzene rings is 3. The van der Waals surface area contributed by atoms with Gasteiger partial charge in [-0.3, -0.25) is 9.88 Å². The van der Waals surface area contributed by atoms with Gasteiger partial charge in [0.05, 0.1) is 11.0 Å². The lowest BCUT2D eigenvalue weighted by Gasteiger charge is -2.32. The number of nitrogens with one attached hydrogen (secondary N) is 2. The largest absolute Gasteiger partial charge is 0.490 e. The zero-order valence-electron chi connectivity index (χ0n) is 25.7. The van der Waals surface area contributed by atoms with Gasteiger partial charge in [0, 0.05) is 85.9 Å². The first-order valence-corrected chi connectivity index (χ1v) is 16.5. The number of ether oxygens (including phenoxy) is 1. The lowest BCUT2D eigenvalue weighted by molar-refractivity contribution is 0.211. The minimum absolute atomic E-state index is 0.296. The molecule has 0 spiro atoms. The minimum Gasteiger partial charge on any atom is -0.490 e. The molecule has 3 aromatic carbocycles. The van der Waals surface area contributed by atoms with E-state index >= 15 is 0 Å². The van der Waals surface area contributed by atoms with Crippen molar-refractivity contribution >= 4 is 33.3 Å². The van der Waals surface area contributed by atoms with Gasteiger partial charge in [0.15, 0.2) is 0 Å². The van der Waals surface area contributed by atoms with E-state index in [-0.39, 0.29) is 0 Å². The number of hydrogen-bond acceptors (Lipinski definition) is 8. The van der Waals surface area contributed by atoms with Crippen molar-refractivity contribution in [3.05, 3.63) is 97.0 Å². The number of rotatable bonds is 10. The summed E-state index contributed by atoms with van der Waals surface area (Å²) in [6.07, 6.45) is 7.27. The van der Waals surface area contributed by atoms with Crippen LogP contribution in [-0.2, 0) is 6.54 Å². The molecule has 4 heterocycles. The van der Waals surface area contributed by atoms with Crippen LogP contribution in [0.25, 0.3) is 21.8 Å². The van der Waals surface area contributed by atoms with Gasteiger partial charge in [-0.15, -0.1) is 0 Å². The molecular formula is C37H41N7O. The summed E-state index contributed by atoms with van der Waals surface area (Å²) in [5.74, 6) is 3.10. The van der Waals surface area contributed by atoms with Crippen LogP contribution in [0.1, 0.15) is 24.8 Å². The minimum atomic E-state index is 0.296. The summed E-state index contributed by atoms with van der Waals surface area (Å²) in [5, 5.41) is 9.61. The topological polar surface area (TPSA) is 78.4 Å². The fourth-order valence-corrected chi connectivity index (χ4v) is 7.38. The summed E-state index contributed by atoms with van der Waals surface area (Å²) >= 11 is 0. The van der Waals surface area contributed by atoms with Gasteiger partial charge >= 0.3 is 0 Å². The molecule has 5 aromatic rings. The van der Waals surface area contributed by atoms with Crippen molar-refractivity contribution in [1.29, 1.82) is 0 Å². The van der Waals surface area contributed by atoms with E-state index < -0.39 is 0 Å². The number of anilines is 2. The van der Waals surface area contributed by atoms with Crippen molar-refractivity contribution in [3.63, 3.8) is 0 Å². The molecule has 8 heteroatoms. The van der Waals surface area contributed by atoms with Crippen LogP contribution >= 0.6 is 0 Å². The molecule has 1 saturated carbocycles. The Labute approximate surface area is 264 Å². The standard InChI is InChI=1S/C37H41N7O/c1-2-6-26(7-3-1)23-43-18-13-27(14-19-43)42-37-31-11-10-28(22-35(31)40-25-41-37)45-36-29-15-20-44(24-32(29)36)21-17-39-34-12-16-38-33-9-5-4-8-30(33)34/h1-12,16,22,25,27,29,32,36H,13-15,17-21,23-24H2,(H,38,39)(H,40,41,42). The van der Waals surface area contributed by atoms with Gasteiger partial charge in [0.2, 0.25) is 0 Å². The van der Waals surface area contributed by atoms with Crippen LogP contribution < -0.4 is 15.4 Å². The molecule has 2 N–H and O–H groups in total. The van der Waals surface area contributed by atoms with Crippen LogP contribution in [0, 0.1) is 11.8 Å². The fraction of sp³-hybridized carbons (Fsp3) is 0.378. The van der Waals surface area contributed by atoms with E-state index in [4.69, 9.17) is 4.74 Å². The highest BCUT2D eigenvalue weighted by atomic mass is 16.5. The highest BCUT2D eigenvalue weighted by molar-refractivity contribution is 5.91. The first kappa shape index (κ1) is 28.2. The Balaban J connectivity index is 0.828. The molecule has 2 aromatic heterocycles. The van der Waals surface area contributed by atoms with Crippen LogP contribution in [0.4, 0.5) is 11.5 Å². The third-order valence-electron chi connectivity index (χ3n) is 9.95. The van der Waals surface area contributed by atoms with Gasteiger partial charge < -0.3 is 20.3 Å². The number of fused-ring (bicyclic) bond motifs is 3. The molecule has 2 saturated heterocycles. The SMILES string of the molecule is c1ccc(CN2CCC(Nc3ncnc4cc(OC5C6CCN(CCNc7ccnc8ccccc78)CC65)ccc34)CC2)cc1.